The number of hydrogen-bond acceptors (Lipinski definition) is 5. The Labute approximate surface area is 201 Å². The number of nitrogens with one attached hydrogen (secondary N) is 3. The van der Waals surface area contributed by atoms with Gasteiger partial charge in [-0.2, -0.15) is 0 Å². The third-order valence-corrected chi connectivity index (χ3v) is 6.29. The highest BCUT2D eigenvalue weighted by atomic mass is 32.2. The summed E-state index contributed by atoms with van der Waals surface area (Å²) >= 11 is 0. The van der Waals surface area contributed by atoms with Crippen molar-refractivity contribution in [2.45, 2.75) is 13.1 Å². The Balaban J connectivity index is 1.41. The first-order chi connectivity index (χ1) is 16.4. The first kappa shape index (κ1) is 23.9. The number of hydrogen-bond donors (Lipinski definition) is 3. The fraction of sp³-hybridized carbons (Fsp3) is 0.269. The predicted molar refractivity (Wildman–Crippen MR) is 136 cm³/mol. The van der Waals surface area contributed by atoms with Crippen LogP contribution in [0.25, 0.3) is 11.1 Å². The summed E-state index contributed by atoms with van der Waals surface area (Å²) in [4.78, 5) is 15.1. The Morgan fingerprint density at radius 2 is 1.56 bits per heavy atom. The summed E-state index contributed by atoms with van der Waals surface area (Å²) in [5.41, 5.74) is 5.29. The summed E-state index contributed by atoms with van der Waals surface area (Å²) in [7, 11) is -3.40. The third-order valence-electron chi connectivity index (χ3n) is 5.68. The van der Waals surface area contributed by atoms with E-state index < -0.39 is 10.0 Å². The molecular weight excluding hydrogens is 448 g/mol. The zero-order valence-electron chi connectivity index (χ0n) is 19.3. The van der Waals surface area contributed by atoms with E-state index in [2.05, 4.69) is 56.7 Å². The maximum Gasteiger partial charge on any atom is 0.251 e. The van der Waals surface area contributed by atoms with Crippen LogP contribution in [0.15, 0.2) is 72.8 Å². The van der Waals surface area contributed by atoms with Crippen molar-refractivity contribution in [2.24, 2.45) is 0 Å². The first-order valence-electron chi connectivity index (χ1n) is 11.3. The highest BCUT2D eigenvalue weighted by Gasteiger charge is 2.11. The molecule has 0 unspecified atom stereocenters. The number of anilines is 1. The lowest BCUT2D eigenvalue weighted by Gasteiger charge is -2.27. The summed E-state index contributed by atoms with van der Waals surface area (Å²) in [5, 5.41) is 6.31. The van der Waals surface area contributed by atoms with E-state index in [-0.39, 0.29) is 5.91 Å². The van der Waals surface area contributed by atoms with E-state index in [4.69, 9.17) is 0 Å². The fourth-order valence-corrected chi connectivity index (χ4v) is 4.62. The average Bonchev–Trinajstić information content (AvgIpc) is 2.83. The van der Waals surface area contributed by atoms with Gasteiger partial charge in [-0.1, -0.05) is 42.5 Å². The number of benzene rings is 3. The van der Waals surface area contributed by atoms with Crippen molar-refractivity contribution in [2.75, 3.05) is 37.2 Å². The van der Waals surface area contributed by atoms with Crippen LogP contribution in [0.3, 0.4) is 0 Å². The van der Waals surface area contributed by atoms with E-state index >= 15 is 0 Å². The smallest absolute Gasteiger partial charge is 0.251 e. The van der Waals surface area contributed by atoms with Crippen LogP contribution in [0.5, 0.6) is 0 Å². The van der Waals surface area contributed by atoms with Crippen molar-refractivity contribution < 1.29 is 13.2 Å². The molecule has 178 valence electrons. The van der Waals surface area contributed by atoms with Crippen molar-refractivity contribution in [3.8, 4) is 11.1 Å². The molecule has 34 heavy (non-hydrogen) atoms. The van der Waals surface area contributed by atoms with Crippen molar-refractivity contribution >= 4 is 21.6 Å². The molecular formula is C26H30N4O3S. The summed E-state index contributed by atoms with van der Waals surface area (Å²) in [6.07, 6.45) is 1.08. The number of carbonyl (C=O) groups excluding carboxylic acids is 1. The number of amides is 1. The minimum Gasteiger partial charge on any atom is -0.348 e. The highest BCUT2D eigenvalue weighted by Crippen LogP contribution is 2.22. The van der Waals surface area contributed by atoms with Crippen LogP contribution in [-0.2, 0) is 23.1 Å². The minimum absolute atomic E-state index is 0.263. The lowest BCUT2D eigenvalue weighted by atomic mass is 10.0. The van der Waals surface area contributed by atoms with Gasteiger partial charge >= 0.3 is 0 Å². The fourth-order valence-electron chi connectivity index (χ4n) is 4.06. The molecule has 1 amide bonds. The second kappa shape index (κ2) is 10.8. The van der Waals surface area contributed by atoms with Gasteiger partial charge in [-0.3, -0.25) is 14.4 Å². The zero-order valence-corrected chi connectivity index (χ0v) is 20.1. The molecule has 0 saturated carbocycles. The molecule has 3 N–H and O–H groups in total. The van der Waals surface area contributed by atoms with Gasteiger partial charge in [0.2, 0.25) is 10.0 Å². The molecule has 1 aliphatic heterocycles. The Kier molecular flexibility index (Phi) is 7.62. The van der Waals surface area contributed by atoms with Gasteiger partial charge in [0.25, 0.3) is 5.91 Å². The van der Waals surface area contributed by atoms with E-state index in [0.717, 1.165) is 55.7 Å². The molecule has 3 aromatic rings. The van der Waals surface area contributed by atoms with Crippen molar-refractivity contribution in [3.63, 3.8) is 0 Å². The minimum atomic E-state index is -3.40. The molecule has 4 rings (SSSR count). The van der Waals surface area contributed by atoms with Crippen LogP contribution in [0.2, 0.25) is 0 Å². The molecule has 0 spiro atoms. The van der Waals surface area contributed by atoms with Crippen LogP contribution in [0.4, 0.5) is 5.69 Å². The van der Waals surface area contributed by atoms with Gasteiger partial charge in [0, 0.05) is 50.5 Å². The standard InChI is InChI=1S/C26H30N4O3S/c1-34(32,33)29-25-10-4-9-24(17-25)26(31)28-18-20-5-2-7-22(15-20)23-8-3-6-21(16-23)19-30-13-11-27-12-14-30/h2-10,15-17,27,29H,11-14,18-19H2,1H3,(H,28,31). The molecule has 1 heterocycles. The van der Waals surface area contributed by atoms with Gasteiger partial charge in [0.1, 0.15) is 0 Å². The molecule has 1 aliphatic rings. The maximum atomic E-state index is 12.6. The summed E-state index contributed by atoms with van der Waals surface area (Å²) in [6, 6.07) is 23.2. The van der Waals surface area contributed by atoms with Crippen LogP contribution in [0.1, 0.15) is 21.5 Å². The maximum absolute atomic E-state index is 12.6. The quantitative estimate of drug-likeness (QED) is 0.463. The number of carbonyl (C=O) groups is 1. The van der Waals surface area contributed by atoms with Gasteiger partial charge in [-0.15, -0.1) is 0 Å². The van der Waals surface area contributed by atoms with Crippen LogP contribution in [-0.4, -0.2) is 51.7 Å². The van der Waals surface area contributed by atoms with Crippen LogP contribution < -0.4 is 15.4 Å². The van der Waals surface area contributed by atoms with Crippen molar-refractivity contribution in [3.05, 3.63) is 89.5 Å². The van der Waals surface area contributed by atoms with Crippen LogP contribution in [0, 0.1) is 0 Å². The summed E-state index contributed by atoms with van der Waals surface area (Å²) in [6.45, 7) is 5.51. The molecule has 3 aromatic carbocycles. The average molecular weight is 479 g/mol. The van der Waals surface area contributed by atoms with Gasteiger partial charge in [0.15, 0.2) is 0 Å². The molecule has 0 aliphatic carbocycles. The molecule has 0 bridgehead atoms. The lowest BCUT2D eigenvalue weighted by Crippen LogP contribution is -2.42. The Hall–Kier alpha value is -3.20. The molecule has 1 saturated heterocycles. The third kappa shape index (κ3) is 6.90. The van der Waals surface area contributed by atoms with Crippen molar-refractivity contribution in [1.82, 2.24) is 15.5 Å². The van der Waals surface area contributed by atoms with Gasteiger partial charge in [-0.05, 0) is 52.6 Å². The molecule has 1 fully saturated rings. The molecule has 7 nitrogen and oxygen atoms in total. The highest BCUT2D eigenvalue weighted by molar-refractivity contribution is 7.92. The van der Waals surface area contributed by atoms with E-state index in [1.54, 1.807) is 18.2 Å². The number of sulfonamides is 1. The van der Waals surface area contributed by atoms with Gasteiger partial charge < -0.3 is 10.6 Å². The second-order valence-electron chi connectivity index (χ2n) is 8.56. The van der Waals surface area contributed by atoms with Gasteiger partial charge in [0.05, 0.1) is 6.26 Å². The van der Waals surface area contributed by atoms with E-state index in [1.165, 1.54) is 11.6 Å². The topological polar surface area (TPSA) is 90.5 Å². The predicted octanol–water partition coefficient (Wildman–Crippen LogP) is 3.06. The van der Waals surface area contributed by atoms with E-state index in [1.807, 2.05) is 12.1 Å². The number of nitrogens with zero attached hydrogens (tertiary/aromatic N) is 1. The lowest BCUT2D eigenvalue weighted by molar-refractivity contribution is 0.0951. The first-order valence-corrected chi connectivity index (χ1v) is 13.2. The summed E-state index contributed by atoms with van der Waals surface area (Å²) < 4.78 is 25.3. The van der Waals surface area contributed by atoms with E-state index in [0.29, 0.717) is 17.8 Å². The Morgan fingerprint density at radius 1 is 0.912 bits per heavy atom. The SMILES string of the molecule is CS(=O)(=O)Nc1cccc(C(=O)NCc2cccc(-c3cccc(CN4CCNCC4)c3)c2)c1. The number of rotatable bonds is 8. The Morgan fingerprint density at radius 3 is 2.26 bits per heavy atom. The monoisotopic (exact) mass is 478 g/mol. The molecule has 0 aromatic heterocycles. The summed E-state index contributed by atoms with van der Waals surface area (Å²) in [5.74, 6) is -0.263. The largest absolute Gasteiger partial charge is 0.348 e. The molecule has 8 heteroatoms. The second-order valence-corrected chi connectivity index (χ2v) is 10.3. The van der Waals surface area contributed by atoms with Crippen LogP contribution >= 0.6 is 0 Å². The Bertz CT molecular complexity index is 1250. The van der Waals surface area contributed by atoms with Gasteiger partial charge in [-0.25, -0.2) is 8.42 Å². The number of piperazine rings is 1. The molecule has 0 radical (unpaired) electrons. The van der Waals surface area contributed by atoms with Crippen molar-refractivity contribution in [1.29, 1.82) is 0 Å². The zero-order chi connectivity index (χ0) is 24.0. The normalized spacial score (nSPS) is 14.5. The molecule has 0 atom stereocenters. The van der Waals surface area contributed by atoms with E-state index in [9.17, 15) is 13.2 Å².